The van der Waals surface area contributed by atoms with E-state index in [0.717, 1.165) is 17.9 Å². The van der Waals surface area contributed by atoms with Gasteiger partial charge in [-0.15, -0.1) is 0 Å². The molecule has 25 heavy (non-hydrogen) atoms. The van der Waals surface area contributed by atoms with Crippen molar-refractivity contribution in [3.05, 3.63) is 71.7 Å². The second-order valence-corrected chi connectivity index (χ2v) is 5.96. The normalized spacial score (nSPS) is 11.1. The van der Waals surface area contributed by atoms with E-state index in [1.807, 2.05) is 66.2 Å². The molecule has 128 valence electrons. The molecule has 1 amide bonds. The molecule has 0 saturated heterocycles. The smallest absolute Gasteiger partial charge is 0.244 e. The van der Waals surface area contributed by atoms with Gasteiger partial charge in [-0.05, 0) is 30.3 Å². The van der Waals surface area contributed by atoms with Gasteiger partial charge >= 0.3 is 0 Å². The molecule has 3 aromatic rings. The van der Waals surface area contributed by atoms with Crippen molar-refractivity contribution in [2.75, 3.05) is 25.0 Å². The van der Waals surface area contributed by atoms with Crippen molar-refractivity contribution < 1.29 is 4.79 Å². The Balaban J connectivity index is 1.55. The van der Waals surface area contributed by atoms with E-state index in [1.165, 1.54) is 6.08 Å². The zero-order valence-electron chi connectivity index (χ0n) is 13.9. The quantitative estimate of drug-likeness (QED) is 0.691. The number of rotatable bonds is 6. The van der Waals surface area contributed by atoms with Crippen LogP contribution in [0, 0.1) is 0 Å². The van der Waals surface area contributed by atoms with Crippen molar-refractivity contribution in [2.45, 2.75) is 0 Å². The lowest BCUT2D eigenvalue weighted by Gasteiger charge is -2.19. The standard InChI is InChI=1S/C19H19ClN4O/c1-23(15-7-3-2-4-8-15)14-12-21-18(25)11-10-16-19(20)22-17-9-5-6-13-24(16)17/h2-11,13H,12,14H2,1H3,(H,21,25)/b11-10+. The Labute approximate surface area is 151 Å². The van der Waals surface area contributed by atoms with Crippen LogP contribution in [-0.2, 0) is 4.79 Å². The van der Waals surface area contributed by atoms with E-state index in [9.17, 15) is 4.79 Å². The lowest BCUT2D eigenvalue weighted by molar-refractivity contribution is -0.116. The molecule has 3 rings (SSSR count). The van der Waals surface area contributed by atoms with Gasteiger partial charge in [0.1, 0.15) is 5.65 Å². The molecule has 0 bridgehead atoms. The lowest BCUT2D eigenvalue weighted by atomic mass is 10.3. The average Bonchev–Trinajstić information content (AvgIpc) is 2.95. The van der Waals surface area contributed by atoms with Crippen molar-refractivity contribution in [3.63, 3.8) is 0 Å². The molecule has 0 radical (unpaired) electrons. The summed E-state index contributed by atoms with van der Waals surface area (Å²) in [4.78, 5) is 18.4. The van der Waals surface area contributed by atoms with Gasteiger partial charge in [0.05, 0.1) is 5.69 Å². The number of halogens is 1. The van der Waals surface area contributed by atoms with E-state index in [2.05, 4.69) is 15.2 Å². The first kappa shape index (κ1) is 17.0. The summed E-state index contributed by atoms with van der Waals surface area (Å²) in [5.74, 6) is -0.164. The van der Waals surface area contributed by atoms with E-state index in [0.29, 0.717) is 17.4 Å². The Morgan fingerprint density at radius 1 is 1.24 bits per heavy atom. The number of anilines is 1. The Kier molecular flexibility index (Phi) is 5.36. The van der Waals surface area contributed by atoms with Gasteiger partial charge in [-0.3, -0.25) is 9.20 Å². The number of amides is 1. The highest BCUT2D eigenvalue weighted by Gasteiger charge is 2.07. The van der Waals surface area contributed by atoms with Crippen molar-refractivity contribution >= 4 is 34.9 Å². The zero-order valence-corrected chi connectivity index (χ0v) is 14.6. The molecule has 0 unspecified atom stereocenters. The van der Waals surface area contributed by atoms with Crippen molar-refractivity contribution in [3.8, 4) is 0 Å². The number of pyridine rings is 1. The molecule has 0 aliphatic heterocycles. The van der Waals surface area contributed by atoms with E-state index in [4.69, 9.17) is 11.6 Å². The fourth-order valence-electron chi connectivity index (χ4n) is 2.51. The van der Waals surface area contributed by atoms with Crippen LogP contribution in [0.15, 0.2) is 60.8 Å². The summed E-state index contributed by atoms with van der Waals surface area (Å²) in [6.45, 7) is 1.27. The number of benzene rings is 1. The monoisotopic (exact) mass is 354 g/mol. The number of hydrogen-bond donors (Lipinski definition) is 1. The molecule has 0 fully saturated rings. The van der Waals surface area contributed by atoms with Gasteiger partial charge in [-0.2, -0.15) is 0 Å². The van der Waals surface area contributed by atoms with Crippen LogP contribution in [-0.4, -0.2) is 35.4 Å². The zero-order chi connectivity index (χ0) is 17.6. The Bertz CT molecular complexity index is 889. The molecule has 1 N–H and O–H groups in total. The molecule has 0 atom stereocenters. The third-order valence-corrected chi connectivity index (χ3v) is 4.14. The summed E-state index contributed by atoms with van der Waals surface area (Å²) in [6, 6.07) is 15.7. The first-order valence-corrected chi connectivity index (χ1v) is 8.37. The molecule has 2 aromatic heterocycles. The van der Waals surface area contributed by atoms with Crippen LogP contribution < -0.4 is 10.2 Å². The Hall–Kier alpha value is -2.79. The number of fused-ring (bicyclic) bond motifs is 1. The maximum absolute atomic E-state index is 12.0. The van der Waals surface area contributed by atoms with Crippen molar-refractivity contribution in [1.82, 2.24) is 14.7 Å². The largest absolute Gasteiger partial charge is 0.373 e. The van der Waals surface area contributed by atoms with E-state index in [-0.39, 0.29) is 5.91 Å². The summed E-state index contributed by atoms with van der Waals surface area (Å²) in [5.41, 5.74) is 2.55. The molecular weight excluding hydrogens is 336 g/mol. The van der Waals surface area contributed by atoms with Gasteiger partial charge in [-0.1, -0.05) is 35.9 Å². The van der Waals surface area contributed by atoms with Crippen molar-refractivity contribution in [2.24, 2.45) is 0 Å². The number of carbonyl (C=O) groups excluding carboxylic acids is 1. The van der Waals surface area contributed by atoms with Gasteiger partial charge in [0, 0.05) is 38.1 Å². The van der Waals surface area contributed by atoms with E-state index in [1.54, 1.807) is 6.08 Å². The number of para-hydroxylation sites is 1. The number of hydrogen-bond acceptors (Lipinski definition) is 3. The summed E-state index contributed by atoms with van der Waals surface area (Å²) >= 11 is 6.14. The summed E-state index contributed by atoms with van der Waals surface area (Å²) in [6.07, 6.45) is 5.02. The molecule has 0 saturated carbocycles. The molecule has 0 spiro atoms. The highest BCUT2D eigenvalue weighted by Crippen LogP contribution is 2.18. The van der Waals surface area contributed by atoms with Crippen LogP contribution in [0.3, 0.4) is 0 Å². The first-order valence-electron chi connectivity index (χ1n) is 8.00. The average molecular weight is 355 g/mol. The van der Waals surface area contributed by atoms with Gasteiger partial charge in [-0.25, -0.2) is 4.98 Å². The maximum atomic E-state index is 12.0. The van der Waals surface area contributed by atoms with Gasteiger partial charge in [0.25, 0.3) is 0 Å². The second kappa shape index (κ2) is 7.85. The molecule has 1 aromatic carbocycles. The van der Waals surface area contributed by atoms with E-state index >= 15 is 0 Å². The van der Waals surface area contributed by atoms with Gasteiger partial charge < -0.3 is 10.2 Å². The third kappa shape index (κ3) is 4.19. The van der Waals surface area contributed by atoms with Gasteiger partial charge in [0.15, 0.2) is 5.15 Å². The number of nitrogens with zero attached hydrogens (tertiary/aromatic N) is 3. The van der Waals surface area contributed by atoms with Crippen LogP contribution in [0.1, 0.15) is 5.69 Å². The molecule has 6 heteroatoms. The fourth-order valence-corrected chi connectivity index (χ4v) is 2.75. The molecular formula is C19H19ClN4O. The number of carbonyl (C=O) groups is 1. The number of aromatic nitrogens is 2. The van der Waals surface area contributed by atoms with Crippen LogP contribution in [0.2, 0.25) is 5.15 Å². The molecule has 2 heterocycles. The van der Waals surface area contributed by atoms with Crippen LogP contribution in [0.5, 0.6) is 0 Å². The number of imidazole rings is 1. The Morgan fingerprint density at radius 3 is 2.80 bits per heavy atom. The van der Waals surface area contributed by atoms with E-state index < -0.39 is 0 Å². The molecule has 5 nitrogen and oxygen atoms in total. The highest BCUT2D eigenvalue weighted by molar-refractivity contribution is 6.31. The minimum absolute atomic E-state index is 0.164. The predicted octanol–water partition coefficient (Wildman–Crippen LogP) is 3.25. The SMILES string of the molecule is CN(CCNC(=O)/C=C/c1c(Cl)nc2ccccn12)c1ccccc1. The first-order chi connectivity index (χ1) is 12.1. The minimum Gasteiger partial charge on any atom is -0.373 e. The molecule has 0 aliphatic rings. The summed E-state index contributed by atoms with van der Waals surface area (Å²) < 4.78 is 1.84. The fraction of sp³-hybridized carbons (Fsp3) is 0.158. The third-order valence-electron chi connectivity index (χ3n) is 3.86. The van der Waals surface area contributed by atoms with Gasteiger partial charge in [0.2, 0.25) is 5.91 Å². The number of nitrogens with one attached hydrogen (secondary N) is 1. The Morgan fingerprint density at radius 2 is 2.00 bits per heavy atom. The van der Waals surface area contributed by atoms with Crippen LogP contribution >= 0.6 is 11.6 Å². The lowest BCUT2D eigenvalue weighted by Crippen LogP contribution is -2.31. The van der Waals surface area contributed by atoms with Crippen LogP contribution in [0.25, 0.3) is 11.7 Å². The number of likely N-dealkylation sites (N-methyl/N-ethyl adjacent to an activating group) is 1. The highest BCUT2D eigenvalue weighted by atomic mass is 35.5. The van der Waals surface area contributed by atoms with Crippen molar-refractivity contribution in [1.29, 1.82) is 0 Å². The second-order valence-electron chi connectivity index (χ2n) is 5.60. The predicted molar refractivity (Wildman–Crippen MR) is 102 cm³/mol. The summed E-state index contributed by atoms with van der Waals surface area (Å²) in [5, 5.41) is 3.25. The maximum Gasteiger partial charge on any atom is 0.244 e. The van der Waals surface area contributed by atoms with Crippen LogP contribution in [0.4, 0.5) is 5.69 Å². The molecule has 0 aliphatic carbocycles. The minimum atomic E-state index is -0.164. The summed E-state index contributed by atoms with van der Waals surface area (Å²) in [7, 11) is 2.00. The topological polar surface area (TPSA) is 49.6 Å².